The van der Waals surface area contributed by atoms with Gasteiger partial charge in [-0.1, -0.05) is 40.0 Å². The Hall–Kier alpha value is -0.100. The fraction of sp³-hybridized carbons (Fsp3) is 0.944. The molecule has 1 fully saturated rings. The maximum atomic E-state index is 12.8. The monoisotopic (exact) mass is 314 g/mol. The van der Waals surface area contributed by atoms with Gasteiger partial charge in [-0.25, -0.2) is 0 Å². The van der Waals surface area contributed by atoms with Crippen molar-refractivity contribution >= 4 is 14.6 Å². The first-order valence-corrected chi connectivity index (χ1v) is 9.92. The van der Waals surface area contributed by atoms with E-state index < -0.39 is 0 Å². The molecule has 1 aliphatic carbocycles. The van der Waals surface area contributed by atoms with Gasteiger partial charge in [-0.3, -0.25) is 4.79 Å². The minimum atomic E-state index is -0.343. The quantitative estimate of drug-likeness (QED) is 0.502. The first-order chi connectivity index (χ1) is 9.50. The lowest BCUT2D eigenvalue weighted by atomic mass is 9.78. The van der Waals surface area contributed by atoms with Gasteiger partial charge >= 0.3 is 5.97 Å². The molecule has 0 aromatic carbocycles. The number of hydrogen-bond donors (Lipinski definition) is 0. The van der Waals surface area contributed by atoms with E-state index in [1.54, 1.807) is 0 Å². The Morgan fingerprint density at radius 1 is 1.05 bits per heavy atom. The van der Waals surface area contributed by atoms with E-state index in [1.807, 2.05) is 0 Å². The van der Waals surface area contributed by atoms with Gasteiger partial charge in [-0.05, 0) is 58.0 Å². The summed E-state index contributed by atoms with van der Waals surface area (Å²) in [6.07, 6.45) is 7.17. The van der Waals surface area contributed by atoms with E-state index >= 15 is 0 Å². The third kappa shape index (κ3) is 5.55. The van der Waals surface area contributed by atoms with Crippen LogP contribution in [0.25, 0.3) is 0 Å². The Bertz CT molecular complexity index is 351. The second-order valence-electron chi connectivity index (χ2n) is 8.65. The first-order valence-electron chi connectivity index (χ1n) is 8.42. The van der Waals surface area contributed by atoms with Crippen molar-refractivity contribution in [2.24, 2.45) is 11.3 Å². The van der Waals surface area contributed by atoms with Crippen LogP contribution in [-0.4, -0.2) is 23.4 Å². The Balaban J connectivity index is 2.76. The summed E-state index contributed by atoms with van der Waals surface area (Å²) < 4.78 is 6.05. The fourth-order valence-electron chi connectivity index (χ4n) is 3.56. The average Bonchev–Trinajstić information content (AvgIpc) is 2.37. The Labute approximate surface area is 133 Å². The molecule has 2 nitrogen and oxygen atoms in total. The second kappa shape index (κ2) is 6.99. The highest BCUT2D eigenvalue weighted by Crippen LogP contribution is 2.43. The summed E-state index contributed by atoms with van der Waals surface area (Å²) >= 11 is 0. The first kappa shape index (κ1) is 18.9. The van der Waals surface area contributed by atoms with Crippen LogP contribution in [0.2, 0.25) is 0 Å². The molecule has 0 radical (unpaired) electrons. The summed E-state index contributed by atoms with van der Waals surface area (Å²) in [4.78, 5) is 12.8. The normalized spacial score (nSPS) is 21.5. The zero-order valence-corrected chi connectivity index (χ0v) is 16.1. The minimum Gasteiger partial charge on any atom is -0.459 e. The molecule has 3 heteroatoms. The summed E-state index contributed by atoms with van der Waals surface area (Å²) in [5, 5.41) is -0.343. The summed E-state index contributed by atoms with van der Waals surface area (Å²) in [5.41, 5.74) is -0.179. The van der Waals surface area contributed by atoms with Crippen LogP contribution >= 0.6 is 8.58 Å². The molecule has 0 saturated heterocycles. The van der Waals surface area contributed by atoms with Gasteiger partial charge in [0.2, 0.25) is 0 Å². The van der Waals surface area contributed by atoms with Crippen molar-refractivity contribution in [3.05, 3.63) is 0 Å². The summed E-state index contributed by atoms with van der Waals surface area (Å²) in [7, 11) is 0.576. The summed E-state index contributed by atoms with van der Waals surface area (Å²) in [6, 6.07) is 0. The van der Waals surface area contributed by atoms with Gasteiger partial charge in [0.15, 0.2) is 0 Å². The number of esters is 1. The molecule has 1 saturated carbocycles. The molecule has 2 atom stereocenters. The molecule has 0 aromatic rings. The SMILES string of the molecule is CPC(C)(CC(C)(C)C)C(=O)OC(C)(C)C1CCCCC1. The van der Waals surface area contributed by atoms with Crippen LogP contribution in [0, 0.1) is 11.3 Å². The van der Waals surface area contributed by atoms with Crippen LogP contribution < -0.4 is 0 Å². The largest absolute Gasteiger partial charge is 0.459 e. The van der Waals surface area contributed by atoms with Crippen molar-refractivity contribution in [2.45, 2.75) is 90.8 Å². The predicted molar refractivity (Wildman–Crippen MR) is 93.5 cm³/mol. The highest BCUT2D eigenvalue weighted by Gasteiger charge is 2.42. The zero-order chi connectivity index (χ0) is 16.3. The molecule has 2 unspecified atom stereocenters. The van der Waals surface area contributed by atoms with Gasteiger partial charge in [-0.2, -0.15) is 0 Å². The lowest BCUT2D eigenvalue weighted by Gasteiger charge is -2.40. The zero-order valence-electron chi connectivity index (χ0n) is 15.1. The fourth-order valence-corrected chi connectivity index (χ4v) is 4.52. The molecule has 1 rings (SSSR count). The van der Waals surface area contributed by atoms with Crippen molar-refractivity contribution in [1.82, 2.24) is 0 Å². The molecule has 21 heavy (non-hydrogen) atoms. The predicted octanol–water partition coefficient (Wildman–Crippen LogP) is 5.39. The molecule has 0 aliphatic heterocycles. The minimum absolute atomic E-state index is 0.00818. The molecule has 1 aliphatic rings. The maximum Gasteiger partial charge on any atom is 0.316 e. The van der Waals surface area contributed by atoms with Crippen LogP contribution in [0.5, 0.6) is 0 Å². The highest BCUT2D eigenvalue weighted by atomic mass is 31.1. The van der Waals surface area contributed by atoms with Crippen molar-refractivity contribution < 1.29 is 9.53 Å². The van der Waals surface area contributed by atoms with Crippen molar-refractivity contribution in [2.75, 3.05) is 6.66 Å². The van der Waals surface area contributed by atoms with Gasteiger partial charge in [0, 0.05) is 0 Å². The number of rotatable bonds is 5. The third-order valence-corrected chi connectivity index (χ3v) is 6.31. The number of ether oxygens (including phenoxy) is 1. The molecule has 0 bridgehead atoms. The van der Waals surface area contributed by atoms with Crippen LogP contribution in [0.1, 0.15) is 80.1 Å². The smallest absolute Gasteiger partial charge is 0.316 e. The lowest BCUT2D eigenvalue weighted by molar-refractivity contribution is -0.166. The molecule has 0 aromatic heterocycles. The third-order valence-electron chi connectivity index (χ3n) is 4.83. The van der Waals surface area contributed by atoms with E-state index in [2.05, 4.69) is 48.2 Å². The molecule has 124 valence electrons. The van der Waals surface area contributed by atoms with E-state index in [0.29, 0.717) is 14.5 Å². The van der Waals surface area contributed by atoms with Crippen LogP contribution in [0.15, 0.2) is 0 Å². The number of hydrogen-bond acceptors (Lipinski definition) is 2. The molecule has 0 amide bonds. The van der Waals surface area contributed by atoms with Gasteiger partial charge in [-0.15, -0.1) is 8.58 Å². The van der Waals surface area contributed by atoms with Gasteiger partial charge in [0.05, 0.1) is 5.16 Å². The Morgan fingerprint density at radius 2 is 1.57 bits per heavy atom. The summed E-state index contributed by atoms with van der Waals surface area (Å²) in [6.45, 7) is 15.0. The Kier molecular flexibility index (Phi) is 6.30. The van der Waals surface area contributed by atoms with Crippen molar-refractivity contribution in [3.8, 4) is 0 Å². The van der Waals surface area contributed by atoms with Gasteiger partial charge < -0.3 is 4.74 Å². The van der Waals surface area contributed by atoms with E-state index in [9.17, 15) is 4.79 Å². The van der Waals surface area contributed by atoms with Crippen molar-refractivity contribution in [3.63, 3.8) is 0 Å². The molecule has 0 heterocycles. The molecular formula is C18H35O2P. The average molecular weight is 314 g/mol. The maximum absolute atomic E-state index is 12.8. The van der Waals surface area contributed by atoms with E-state index in [0.717, 1.165) is 6.42 Å². The molecule has 0 spiro atoms. The second-order valence-corrected chi connectivity index (χ2v) is 10.3. The topological polar surface area (TPSA) is 26.3 Å². The van der Waals surface area contributed by atoms with Crippen LogP contribution in [-0.2, 0) is 9.53 Å². The highest BCUT2D eigenvalue weighted by molar-refractivity contribution is 7.40. The van der Waals surface area contributed by atoms with E-state index in [-0.39, 0.29) is 22.1 Å². The number of carbonyl (C=O) groups excluding carboxylic acids is 1. The standard InChI is InChI=1S/C18H35O2P/c1-16(2,3)13-18(6,21-7)15(19)20-17(4,5)14-11-9-8-10-12-14/h14,21H,8-13H2,1-7H3. The van der Waals surface area contributed by atoms with E-state index in [1.165, 1.54) is 32.1 Å². The van der Waals surface area contributed by atoms with E-state index in [4.69, 9.17) is 4.74 Å². The van der Waals surface area contributed by atoms with Crippen molar-refractivity contribution in [1.29, 1.82) is 0 Å². The molecular weight excluding hydrogens is 279 g/mol. The summed E-state index contributed by atoms with van der Waals surface area (Å²) in [5.74, 6) is 0.531. The number of carbonyl (C=O) groups is 1. The van der Waals surface area contributed by atoms with Gasteiger partial charge in [0.1, 0.15) is 5.60 Å². The Morgan fingerprint density at radius 3 is 2.00 bits per heavy atom. The molecule has 0 N–H and O–H groups in total. The van der Waals surface area contributed by atoms with Crippen LogP contribution in [0.4, 0.5) is 0 Å². The van der Waals surface area contributed by atoms with Crippen LogP contribution in [0.3, 0.4) is 0 Å². The lowest BCUT2D eigenvalue weighted by Crippen LogP contribution is -2.45. The van der Waals surface area contributed by atoms with Gasteiger partial charge in [0.25, 0.3) is 0 Å².